The molecular formula is C18H18O3. The molecule has 1 aliphatic heterocycles. The summed E-state index contributed by atoms with van der Waals surface area (Å²) in [5.41, 5.74) is 1.02. The Kier molecular flexibility index (Phi) is 4.10. The van der Waals surface area contributed by atoms with Gasteiger partial charge in [0.1, 0.15) is 18.3 Å². The largest absolute Gasteiger partial charge is 0.494 e. The summed E-state index contributed by atoms with van der Waals surface area (Å²) < 4.78 is 17.2. The Hall–Kier alpha value is -2.42. The predicted molar refractivity (Wildman–Crippen MR) is 80.6 cm³/mol. The van der Waals surface area contributed by atoms with Gasteiger partial charge in [0.15, 0.2) is 0 Å². The van der Waals surface area contributed by atoms with Gasteiger partial charge in [0.2, 0.25) is 0 Å². The average molecular weight is 282 g/mol. The highest BCUT2D eigenvalue weighted by Gasteiger charge is 2.37. The topological polar surface area (TPSA) is 27.7 Å². The second-order valence-electron chi connectivity index (χ2n) is 4.89. The van der Waals surface area contributed by atoms with Crippen molar-refractivity contribution in [2.75, 3.05) is 6.61 Å². The van der Waals surface area contributed by atoms with E-state index in [0.29, 0.717) is 6.61 Å². The predicted octanol–water partition coefficient (Wildman–Crippen LogP) is 4.22. The first-order chi connectivity index (χ1) is 10.4. The first-order valence-corrected chi connectivity index (χ1v) is 7.13. The number of hydrogen-bond acceptors (Lipinski definition) is 3. The molecule has 0 saturated heterocycles. The number of benzene rings is 2. The Morgan fingerprint density at radius 1 is 0.810 bits per heavy atom. The number of hydrogen-bond donors (Lipinski definition) is 0. The molecule has 3 nitrogen and oxygen atoms in total. The van der Waals surface area contributed by atoms with E-state index in [0.717, 1.165) is 24.2 Å². The van der Waals surface area contributed by atoms with E-state index in [1.54, 1.807) is 12.5 Å². The molecule has 0 bridgehead atoms. The maximum atomic E-state index is 5.72. The van der Waals surface area contributed by atoms with E-state index in [-0.39, 0.29) is 0 Å². The molecule has 0 spiro atoms. The van der Waals surface area contributed by atoms with Crippen molar-refractivity contribution in [3.63, 3.8) is 0 Å². The molecule has 1 heterocycles. The van der Waals surface area contributed by atoms with Crippen molar-refractivity contribution in [1.29, 1.82) is 0 Å². The number of rotatable bonds is 6. The van der Waals surface area contributed by atoms with E-state index in [1.807, 2.05) is 60.7 Å². The van der Waals surface area contributed by atoms with Crippen LogP contribution in [0.25, 0.3) is 0 Å². The SMILES string of the molecule is C1=COC(CCCOc2ccccc2)(c2ccccc2)O1. The Morgan fingerprint density at radius 2 is 1.43 bits per heavy atom. The lowest BCUT2D eigenvalue weighted by Gasteiger charge is -2.28. The number of para-hydroxylation sites is 1. The first-order valence-electron chi connectivity index (χ1n) is 7.13. The Balaban J connectivity index is 1.57. The van der Waals surface area contributed by atoms with Gasteiger partial charge in [-0.25, -0.2) is 0 Å². The normalized spacial score (nSPS) is 15.2. The van der Waals surface area contributed by atoms with Gasteiger partial charge in [0.25, 0.3) is 5.79 Å². The van der Waals surface area contributed by atoms with E-state index >= 15 is 0 Å². The van der Waals surface area contributed by atoms with E-state index in [1.165, 1.54) is 0 Å². The molecule has 3 heteroatoms. The Labute approximate surface area is 124 Å². The first kappa shape index (κ1) is 13.6. The standard InChI is InChI=1S/C18H18O3/c1-3-8-16(9-4-1)18(20-14-15-21-18)12-7-13-19-17-10-5-2-6-11-17/h1-6,8-11,14-15H,7,12-13H2. The third kappa shape index (κ3) is 3.19. The lowest BCUT2D eigenvalue weighted by Crippen LogP contribution is -2.27. The summed E-state index contributed by atoms with van der Waals surface area (Å²) in [5.74, 6) is 0.180. The van der Waals surface area contributed by atoms with Crippen molar-refractivity contribution < 1.29 is 14.2 Å². The van der Waals surface area contributed by atoms with Gasteiger partial charge in [-0.1, -0.05) is 48.5 Å². The minimum atomic E-state index is -0.707. The summed E-state index contributed by atoms with van der Waals surface area (Å²) in [6.07, 6.45) is 4.78. The quantitative estimate of drug-likeness (QED) is 0.743. The van der Waals surface area contributed by atoms with Gasteiger partial charge in [0.05, 0.1) is 6.61 Å². The van der Waals surface area contributed by atoms with Crippen molar-refractivity contribution in [2.45, 2.75) is 18.6 Å². The minimum Gasteiger partial charge on any atom is -0.494 e. The molecule has 0 aliphatic carbocycles. The van der Waals surface area contributed by atoms with Crippen LogP contribution < -0.4 is 4.74 Å². The van der Waals surface area contributed by atoms with Crippen LogP contribution in [-0.4, -0.2) is 6.61 Å². The van der Waals surface area contributed by atoms with Crippen LogP contribution in [0.15, 0.2) is 73.2 Å². The fourth-order valence-electron chi connectivity index (χ4n) is 2.41. The van der Waals surface area contributed by atoms with Crippen molar-refractivity contribution >= 4 is 0 Å². The van der Waals surface area contributed by atoms with Crippen molar-refractivity contribution in [2.24, 2.45) is 0 Å². The highest BCUT2D eigenvalue weighted by atomic mass is 16.7. The van der Waals surface area contributed by atoms with Crippen molar-refractivity contribution in [3.8, 4) is 5.75 Å². The van der Waals surface area contributed by atoms with Crippen LogP contribution in [0.2, 0.25) is 0 Å². The van der Waals surface area contributed by atoms with Crippen LogP contribution in [0.1, 0.15) is 18.4 Å². The Bertz CT molecular complexity index is 570. The molecule has 21 heavy (non-hydrogen) atoms. The van der Waals surface area contributed by atoms with Crippen LogP contribution in [0.5, 0.6) is 5.75 Å². The molecule has 0 saturated carbocycles. The van der Waals surface area contributed by atoms with E-state index in [4.69, 9.17) is 14.2 Å². The molecule has 3 rings (SSSR count). The molecule has 108 valence electrons. The molecular weight excluding hydrogens is 264 g/mol. The molecule has 0 N–H and O–H groups in total. The Morgan fingerprint density at radius 3 is 2.10 bits per heavy atom. The molecule has 0 atom stereocenters. The van der Waals surface area contributed by atoms with Crippen LogP contribution in [-0.2, 0) is 15.3 Å². The van der Waals surface area contributed by atoms with Crippen LogP contribution in [0.3, 0.4) is 0 Å². The second kappa shape index (κ2) is 6.35. The third-order valence-electron chi connectivity index (χ3n) is 3.45. The zero-order valence-electron chi connectivity index (χ0n) is 11.8. The molecule has 1 aliphatic rings. The molecule has 0 fully saturated rings. The monoisotopic (exact) mass is 282 g/mol. The summed E-state index contributed by atoms with van der Waals surface area (Å²) in [5, 5.41) is 0. The van der Waals surface area contributed by atoms with Gasteiger partial charge in [-0.05, 0) is 18.6 Å². The van der Waals surface area contributed by atoms with Crippen molar-refractivity contribution in [3.05, 3.63) is 78.8 Å². The zero-order valence-corrected chi connectivity index (χ0v) is 11.8. The van der Waals surface area contributed by atoms with E-state index in [2.05, 4.69) is 0 Å². The van der Waals surface area contributed by atoms with Gasteiger partial charge in [-0.15, -0.1) is 0 Å². The number of ether oxygens (including phenoxy) is 3. The maximum Gasteiger partial charge on any atom is 0.276 e. The van der Waals surface area contributed by atoms with Crippen LogP contribution in [0, 0.1) is 0 Å². The summed E-state index contributed by atoms with van der Waals surface area (Å²) in [7, 11) is 0. The van der Waals surface area contributed by atoms with E-state index < -0.39 is 5.79 Å². The lowest BCUT2D eigenvalue weighted by atomic mass is 10.0. The molecule has 2 aromatic carbocycles. The van der Waals surface area contributed by atoms with Gasteiger partial charge in [-0.2, -0.15) is 0 Å². The molecule has 0 amide bonds. The fraction of sp³-hybridized carbons (Fsp3) is 0.222. The summed E-state index contributed by atoms with van der Waals surface area (Å²) >= 11 is 0. The smallest absolute Gasteiger partial charge is 0.276 e. The van der Waals surface area contributed by atoms with Crippen LogP contribution >= 0.6 is 0 Å². The van der Waals surface area contributed by atoms with Gasteiger partial charge in [0, 0.05) is 12.0 Å². The van der Waals surface area contributed by atoms with Crippen LogP contribution in [0.4, 0.5) is 0 Å². The van der Waals surface area contributed by atoms with Gasteiger partial charge in [-0.3, -0.25) is 0 Å². The highest BCUT2D eigenvalue weighted by Crippen LogP contribution is 2.36. The summed E-state index contributed by atoms with van der Waals surface area (Å²) in [6, 6.07) is 19.8. The van der Waals surface area contributed by atoms with Crippen molar-refractivity contribution in [1.82, 2.24) is 0 Å². The minimum absolute atomic E-state index is 0.630. The average Bonchev–Trinajstić information content (AvgIpc) is 3.04. The molecule has 0 aromatic heterocycles. The molecule has 2 aromatic rings. The van der Waals surface area contributed by atoms with E-state index in [9.17, 15) is 0 Å². The summed E-state index contributed by atoms with van der Waals surface area (Å²) in [6.45, 7) is 0.630. The lowest BCUT2D eigenvalue weighted by molar-refractivity contribution is -0.157. The molecule has 0 unspecified atom stereocenters. The summed E-state index contributed by atoms with van der Waals surface area (Å²) in [4.78, 5) is 0. The highest BCUT2D eigenvalue weighted by molar-refractivity contribution is 5.22. The zero-order chi connectivity index (χ0) is 14.4. The second-order valence-corrected chi connectivity index (χ2v) is 4.89. The van der Waals surface area contributed by atoms with Gasteiger partial charge >= 0.3 is 0 Å². The van der Waals surface area contributed by atoms with Gasteiger partial charge < -0.3 is 14.2 Å². The fourth-order valence-corrected chi connectivity index (χ4v) is 2.41. The third-order valence-corrected chi connectivity index (χ3v) is 3.45. The molecule has 0 radical (unpaired) electrons. The maximum absolute atomic E-state index is 5.72.